The number of nitrogens with zero attached hydrogens (tertiary/aromatic N) is 4. The molecular formula is C50H30N4O8. The van der Waals surface area contributed by atoms with Gasteiger partial charge in [-0.3, -0.25) is 19.2 Å². The third kappa shape index (κ3) is 6.82. The van der Waals surface area contributed by atoms with Crippen LogP contribution in [0, 0.1) is 0 Å². The second-order valence-corrected chi connectivity index (χ2v) is 14.2. The molecule has 12 heteroatoms. The first-order valence-electron chi connectivity index (χ1n) is 19.1. The predicted octanol–water partition coefficient (Wildman–Crippen LogP) is 9.78. The van der Waals surface area contributed by atoms with Gasteiger partial charge in [-0.25, -0.2) is 20.0 Å². The van der Waals surface area contributed by atoms with E-state index < -0.39 is 34.9 Å². The smallest absolute Gasteiger partial charge is 0.218 e. The van der Waals surface area contributed by atoms with E-state index in [2.05, 4.69) is 20.0 Å². The zero-order valence-corrected chi connectivity index (χ0v) is 32.2. The third-order valence-corrected chi connectivity index (χ3v) is 10.4. The molecule has 0 aliphatic heterocycles. The highest BCUT2D eigenvalue weighted by Gasteiger charge is 2.35. The van der Waals surface area contributed by atoms with Gasteiger partial charge in [0.1, 0.15) is 0 Å². The highest BCUT2D eigenvalue weighted by atomic mass is 16.3. The Morgan fingerprint density at radius 1 is 0.290 bits per heavy atom. The summed E-state index contributed by atoms with van der Waals surface area (Å²) >= 11 is 0. The second kappa shape index (κ2) is 15.7. The van der Waals surface area contributed by atoms with Crippen molar-refractivity contribution in [3.8, 4) is 0 Å². The molecule has 0 radical (unpaired) electrons. The van der Waals surface area contributed by atoms with Crippen LogP contribution in [0.25, 0.3) is 0 Å². The molecular weight excluding hydrogens is 785 g/mol. The number of carbonyl (C=O) groups excluding carboxylic acids is 4. The molecule has 7 aromatic rings. The van der Waals surface area contributed by atoms with Gasteiger partial charge >= 0.3 is 0 Å². The van der Waals surface area contributed by atoms with E-state index in [0.717, 1.165) is 0 Å². The Morgan fingerprint density at radius 3 is 0.823 bits per heavy atom. The molecule has 0 atom stereocenters. The summed E-state index contributed by atoms with van der Waals surface area (Å²) in [6, 6.07) is 41.2. The number of aliphatic hydroxyl groups is 4. The van der Waals surface area contributed by atoms with E-state index in [9.17, 15) is 39.6 Å². The zero-order chi connectivity index (χ0) is 43.1. The van der Waals surface area contributed by atoms with Gasteiger partial charge in [0.2, 0.25) is 23.6 Å². The third-order valence-electron chi connectivity index (χ3n) is 10.4. The van der Waals surface area contributed by atoms with Gasteiger partial charge in [-0.05, 0) is 66.7 Å². The van der Waals surface area contributed by atoms with Crippen LogP contribution in [0.1, 0.15) is 85.9 Å². The van der Waals surface area contributed by atoms with Crippen molar-refractivity contribution in [1.82, 2.24) is 0 Å². The summed E-state index contributed by atoms with van der Waals surface area (Å²) in [6.07, 6.45) is 0. The number of ketones is 4. The first-order chi connectivity index (χ1) is 30.1. The van der Waals surface area contributed by atoms with Gasteiger partial charge in [-0.2, -0.15) is 0 Å². The van der Waals surface area contributed by atoms with E-state index in [-0.39, 0.29) is 90.2 Å². The van der Waals surface area contributed by atoms with E-state index >= 15 is 0 Å². The topological polar surface area (TPSA) is 199 Å². The fourth-order valence-electron chi connectivity index (χ4n) is 7.47. The summed E-state index contributed by atoms with van der Waals surface area (Å²) in [5.74, 6) is -3.85. The van der Waals surface area contributed by atoms with E-state index in [0.29, 0.717) is 11.1 Å². The van der Waals surface area contributed by atoms with Crippen LogP contribution in [0.15, 0.2) is 178 Å². The number of aliphatic hydroxyl groups excluding tert-OH is 4. The molecule has 0 saturated carbocycles. The average molecular weight is 815 g/mol. The van der Waals surface area contributed by atoms with Crippen molar-refractivity contribution in [2.75, 3.05) is 0 Å². The lowest BCUT2D eigenvalue weighted by Gasteiger charge is -2.20. The Labute approximate surface area is 352 Å². The van der Waals surface area contributed by atoms with Crippen LogP contribution >= 0.6 is 0 Å². The molecule has 9 rings (SSSR count). The second-order valence-electron chi connectivity index (χ2n) is 14.2. The number of fused-ring (bicyclic) bond motifs is 4. The zero-order valence-electron chi connectivity index (χ0n) is 32.2. The van der Waals surface area contributed by atoms with Gasteiger partial charge in [0, 0.05) is 44.5 Å². The average Bonchev–Trinajstić information content (AvgIpc) is 3.30. The van der Waals surface area contributed by atoms with Gasteiger partial charge in [0.05, 0.1) is 45.0 Å². The van der Waals surface area contributed by atoms with E-state index in [1.54, 1.807) is 72.8 Å². The molecule has 0 unspecified atom stereocenters. The van der Waals surface area contributed by atoms with Crippen molar-refractivity contribution in [3.05, 3.63) is 224 Å². The lowest BCUT2D eigenvalue weighted by molar-refractivity contribution is 0.0980. The van der Waals surface area contributed by atoms with Gasteiger partial charge in [-0.15, -0.1) is 0 Å². The summed E-state index contributed by atoms with van der Waals surface area (Å²) in [4.78, 5) is 73.2. The fourth-order valence-corrected chi connectivity index (χ4v) is 7.47. The Kier molecular flexibility index (Phi) is 9.77. The number of hydrogen-bond acceptors (Lipinski definition) is 8. The molecule has 62 heavy (non-hydrogen) atoms. The Bertz CT molecular complexity index is 2980. The number of hydrogen-bond donors (Lipinski definition) is 4. The summed E-state index contributed by atoms with van der Waals surface area (Å²) in [5, 5.41) is 44.0. The fraction of sp³-hybridized carbons (Fsp3) is 0. The highest BCUT2D eigenvalue weighted by molar-refractivity contribution is 6.33. The van der Waals surface area contributed by atoms with Crippen molar-refractivity contribution < 1.29 is 39.6 Å². The number of carbonyl (C=O) groups is 4. The lowest BCUT2D eigenvalue weighted by Crippen LogP contribution is -2.21. The minimum atomic E-state index is -0.545. The molecule has 0 spiro atoms. The first-order valence-corrected chi connectivity index (χ1v) is 19.1. The highest BCUT2D eigenvalue weighted by Crippen LogP contribution is 2.39. The minimum absolute atomic E-state index is 0.0110. The molecule has 4 N–H and O–H groups in total. The van der Waals surface area contributed by atoms with Crippen LogP contribution in [-0.4, -0.2) is 67.2 Å². The molecule has 7 aromatic carbocycles. The normalized spacial score (nSPS) is 13.9. The monoisotopic (exact) mass is 814 g/mol. The lowest BCUT2D eigenvalue weighted by atomic mass is 9.82. The van der Waals surface area contributed by atoms with E-state index in [1.165, 1.54) is 84.9 Å². The summed E-state index contributed by atoms with van der Waals surface area (Å²) in [5.41, 5.74) is 1.48. The van der Waals surface area contributed by atoms with Crippen molar-refractivity contribution in [1.29, 1.82) is 0 Å². The Hall–Kier alpha value is -8.90. The number of benzene rings is 7. The molecule has 298 valence electrons. The maximum absolute atomic E-state index is 14.0. The molecule has 2 aliphatic rings. The Balaban J connectivity index is 1.02. The molecule has 0 amide bonds. The quantitative estimate of drug-likeness (QED) is 0.0858. The summed E-state index contributed by atoms with van der Waals surface area (Å²) in [7, 11) is 0. The largest absolute Gasteiger partial charge is 0.493 e. The number of rotatable bonds is 8. The standard InChI is InChI=1S/C50H30N4O8/c55-43-33-20-10-24-37(41(33)45(57)31-18-8-22-35(39(31)43)51-47(59)27-12-3-1-4-13-27)53-49(61)29-16-7-17-30(26-29)50(62)54-38-25-11-21-34-42(38)46(58)32-19-9-23-36(40(32)44(34)56)52-48(60)28-14-5-2-6-15-28/h1-26H,(H,51,59)(H,52,60)(H,53,61)(H,54,62). The summed E-state index contributed by atoms with van der Waals surface area (Å²) < 4.78 is 0. The maximum Gasteiger partial charge on any atom is 0.218 e. The van der Waals surface area contributed by atoms with Crippen LogP contribution < -0.4 is 0 Å². The van der Waals surface area contributed by atoms with Gasteiger partial charge < -0.3 is 20.4 Å². The number of aliphatic imine (C=N–C) groups is 4. The van der Waals surface area contributed by atoms with Crippen LogP contribution in [-0.2, 0) is 0 Å². The van der Waals surface area contributed by atoms with Crippen molar-refractivity contribution in [2.45, 2.75) is 0 Å². The van der Waals surface area contributed by atoms with Gasteiger partial charge in [-0.1, -0.05) is 91.0 Å². The molecule has 12 nitrogen and oxygen atoms in total. The first kappa shape index (κ1) is 38.6. The molecule has 0 fully saturated rings. The van der Waals surface area contributed by atoms with Crippen molar-refractivity contribution >= 4 is 69.5 Å². The van der Waals surface area contributed by atoms with E-state index in [1.807, 2.05) is 0 Å². The van der Waals surface area contributed by atoms with Crippen LogP contribution in [0.3, 0.4) is 0 Å². The molecule has 0 aromatic heterocycles. The predicted molar refractivity (Wildman–Crippen MR) is 234 cm³/mol. The van der Waals surface area contributed by atoms with Gasteiger partial charge in [0.25, 0.3) is 0 Å². The van der Waals surface area contributed by atoms with Crippen molar-refractivity contribution in [2.24, 2.45) is 20.0 Å². The Morgan fingerprint density at radius 2 is 0.532 bits per heavy atom. The van der Waals surface area contributed by atoms with E-state index in [4.69, 9.17) is 0 Å². The van der Waals surface area contributed by atoms with Crippen molar-refractivity contribution in [3.63, 3.8) is 0 Å². The summed E-state index contributed by atoms with van der Waals surface area (Å²) in [6.45, 7) is 0. The van der Waals surface area contributed by atoms with Crippen LogP contribution in [0.2, 0.25) is 0 Å². The SMILES string of the molecule is O=C1c2cccc(N=C(O)c3cccc(C(O)=Nc4cccc5c4C(=O)c4cccc(N=C(O)c6ccccc6)c4C5=O)c3)c2C(=O)c2cccc(N=C(O)c3ccccc3)c21. The minimum Gasteiger partial charge on any atom is -0.493 e. The van der Waals surface area contributed by atoms with Crippen LogP contribution in [0.4, 0.5) is 22.7 Å². The molecule has 0 saturated heterocycles. The van der Waals surface area contributed by atoms with Gasteiger partial charge in [0.15, 0.2) is 23.1 Å². The maximum atomic E-state index is 14.0. The molecule has 0 heterocycles. The molecule has 2 aliphatic carbocycles. The molecule has 0 bridgehead atoms. The van der Waals surface area contributed by atoms with Crippen LogP contribution in [0.5, 0.6) is 0 Å².